The summed E-state index contributed by atoms with van der Waals surface area (Å²) in [6, 6.07) is 53.8. The van der Waals surface area contributed by atoms with Crippen molar-refractivity contribution in [1.82, 2.24) is 4.48 Å². The summed E-state index contributed by atoms with van der Waals surface area (Å²) < 4.78 is 5.49. The van der Waals surface area contributed by atoms with Crippen LogP contribution in [0.1, 0.15) is 77.6 Å². The van der Waals surface area contributed by atoms with Crippen LogP contribution < -0.4 is 15.8 Å². The van der Waals surface area contributed by atoms with E-state index in [1.807, 2.05) is 23.1 Å². The number of nitrogens with zero attached hydrogens (tertiary/aromatic N) is 2. The van der Waals surface area contributed by atoms with Gasteiger partial charge in [0, 0.05) is 58.7 Å². The molecule has 0 radical (unpaired) electrons. The third kappa shape index (κ3) is 4.97. The van der Waals surface area contributed by atoms with Crippen LogP contribution in [0.15, 0.2) is 149 Å². The van der Waals surface area contributed by atoms with Crippen LogP contribution in [0, 0.1) is 0 Å². The number of hydrogen-bond acceptors (Lipinski definition) is 3. The highest BCUT2D eigenvalue weighted by molar-refractivity contribution is 7.99. The van der Waals surface area contributed by atoms with Crippen LogP contribution in [0.5, 0.6) is 0 Å². The van der Waals surface area contributed by atoms with Gasteiger partial charge >= 0.3 is 6.85 Å². The summed E-state index contributed by atoms with van der Waals surface area (Å²) in [4.78, 5) is 5.35. The van der Waals surface area contributed by atoms with Crippen LogP contribution in [-0.2, 0) is 16.2 Å². The molecule has 3 aliphatic heterocycles. The molecule has 7 aromatic carbocycles. The predicted molar refractivity (Wildman–Crippen MR) is 261 cm³/mol. The normalized spacial score (nSPS) is 15.0. The van der Waals surface area contributed by atoms with Gasteiger partial charge in [0.15, 0.2) is 0 Å². The van der Waals surface area contributed by atoms with Gasteiger partial charge in [-0.3, -0.25) is 0 Å². The topological polar surface area (TPSA) is 8.17 Å². The lowest BCUT2D eigenvalue weighted by molar-refractivity contribution is 0.590. The Bertz CT molecular complexity index is 3300. The second-order valence-electron chi connectivity index (χ2n) is 19.8. The number of para-hydroxylation sites is 1. The van der Waals surface area contributed by atoms with E-state index in [4.69, 9.17) is 0 Å². The Kier molecular flexibility index (Phi) is 7.46. The van der Waals surface area contributed by atoms with E-state index in [1.165, 1.54) is 113 Å². The first kappa shape index (κ1) is 36.4. The highest BCUT2D eigenvalue weighted by atomic mass is 32.2. The van der Waals surface area contributed by atoms with Crippen molar-refractivity contribution in [2.45, 2.75) is 81.4 Å². The summed E-state index contributed by atoms with van der Waals surface area (Å²) in [5, 5.41) is 2.69. The molecule has 9 aromatic rings. The molecule has 2 nitrogen and oxygen atoms in total. The van der Waals surface area contributed by atoms with Gasteiger partial charge in [0.1, 0.15) is 0 Å². The number of hydrogen-bond donors (Lipinski definition) is 0. The summed E-state index contributed by atoms with van der Waals surface area (Å²) in [6.45, 7) is 18.9. The fourth-order valence-corrected chi connectivity index (χ4v) is 13.2. The predicted octanol–water partition coefficient (Wildman–Crippen LogP) is 14.5. The Hall–Kier alpha value is -5.49. The lowest BCUT2D eigenvalue weighted by Gasteiger charge is -2.44. The first-order valence-corrected chi connectivity index (χ1v) is 23.0. The van der Waals surface area contributed by atoms with E-state index in [0.717, 1.165) is 0 Å². The van der Waals surface area contributed by atoms with Crippen molar-refractivity contribution in [2.24, 2.45) is 0 Å². The average molecular weight is 811 g/mol. The van der Waals surface area contributed by atoms with E-state index in [2.05, 4.69) is 204 Å². The van der Waals surface area contributed by atoms with Crippen molar-refractivity contribution < 1.29 is 0 Å². The summed E-state index contributed by atoms with van der Waals surface area (Å²) in [6.07, 6.45) is 0. The molecule has 0 aliphatic carbocycles. The molecule has 5 heterocycles. The van der Waals surface area contributed by atoms with Crippen molar-refractivity contribution >= 4 is 89.1 Å². The van der Waals surface area contributed by atoms with E-state index >= 15 is 0 Å². The molecule has 3 aliphatic rings. The van der Waals surface area contributed by atoms with Gasteiger partial charge in [0.05, 0.1) is 15.9 Å². The van der Waals surface area contributed by atoms with Gasteiger partial charge in [-0.1, -0.05) is 170 Å². The Balaban J connectivity index is 1.27. The van der Waals surface area contributed by atoms with E-state index in [-0.39, 0.29) is 23.1 Å². The fraction of sp³-hybridized carbons (Fsp3) is 0.200. The number of benzene rings is 7. The number of rotatable bonds is 2. The minimum atomic E-state index is -0.178. The number of fused-ring (bicyclic) bond motifs is 11. The van der Waals surface area contributed by atoms with E-state index in [9.17, 15) is 0 Å². The zero-order valence-electron chi connectivity index (χ0n) is 35.6. The number of anilines is 3. The van der Waals surface area contributed by atoms with Crippen LogP contribution in [0.2, 0.25) is 0 Å². The number of thiophene rings is 1. The second kappa shape index (κ2) is 12.3. The second-order valence-corrected chi connectivity index (χ2v) is 21.9. The maximum Gasteiger partial charge on any atom is 0.333 e. The van der Waals surface area contributed by atoms with Crippen LogP contribution >= 0.6 is 23.1 Å². The zero-order chi connectivity index (χ0) is 41.0. The molecule has 12 rings (SSSR count). The largest absolute Gasteiger partial charge is 0.374 e. The van der Waals surface area contributed by atoms with Crippen molar-refractivity contribution in [2.75, 3.05) is 4.90 Å². The van der Waals surface area contributed by atoms with Crippen LogP contribution in [0.3, 0.4) is 0 Å². The average Bonchev–Trinajstić information content (AvgIpc) is 3.77. The standard InChI is InChI=1S/C55H47BN2S2/c1-53(2,3)33-25-26-43(38(27-33)32-17-10-9-11-18-32)57-44-31-48-41(55(7,8)40-22-13-15-24-47(40)59-48)30-42(44)56-49-39(28-34(29-45(49)57)54(4,5)6)35-20-16-21-37-50(35)58(56)51-36-19-12-14-23-46(36)60-52(37)51/h9-31H,1-8H3. The van der Waals surface area contributed by atoms with Crippen LogP contribution in [0.4, 0.5) is 17.1 Å². The first-order chi connectivity index (χ1) is 28.8. The van der Waals surface area contributed by atoms with Gasteiger partial charge < -0.3 is 9.38 Å². The third-order valence-electron chi connectivity index (χ3n) is 13.7. The first-order valence-electron chi connectivity index (χ1n) is 21.4. The molecule has 0 amide bonds. The molecule has 0 bridgehead atoms. The zero-order valence-corrected chi connectivity index (χ0v) is 37.2. The minimum absolute atomic E-state index is 0.00878. The molecular weight excluding hydrogens is 764 g/mol. The Morgan fingerprint density at radius 2 is 1.25 bits per heavy atom. The molecule has 5 heteroatoms. The summed E-state index contributed by atoms with van der Waals surface area (Å²) >= 11 is 3.88. The lowest BCUT2D eigenvalue weighted by atomic mass is 9.44. The molecular formula is C55H47BN2S2. The summed E-state index contributed by atoms with van der Waals surface area (Å²) in [5.41, 5.74) is 19.6. The van der Waals surface area contributed by atoms with E-state index < -0.39 is 0 Å². The molecule has 0 fully saturated rings. The molecule has 60 heavy (non-hydrogen) atoms. The van der Waals surface area contributed by atoms with Crippen molar-refractivity contribution in [1.29, 1.82) is 0 Å². The Labute approximate surface area is 362 Å². The maximum absolute atomic E-state index is 2.77. The van der Waals surface area contributed by atoms with Gasteiger partial charge in [-0.25, -0.2) is 0 Å². The van der Waals surface area contributed by atoms with Crippen molar-refractivity contribution in [3.05, 3.63) is 162 Å². The SMILES string of the molecule is CC(C)(C)c1ccc(N2c3cc4c(cc3B3c5c(cc(C(C)(C)C)cc52)-c2cccc5c6sc7ccccc7c6n3c25)C(C)(C)c2ccccc2S4)c(-c2ccccc2)c1. The molecule has 0 unspecified atom stereocenters. The van der Waals surface area contributed by atoms with Gasteiger partial charge in [0.25, 0.3) is 0 Å². The summed E-state index contributed by atoms with van der Waals surface area (Å²) in [7, 11) is 0. The Morgan fingerprint density at radius 3 is 2.05 bits per heavy atom. The molecule has 0 spiro atoms. The lowest BCUT2D eigenvalue weighted by Crippen LogP contribution is -2.57. The Morgan fingerprint density at radius 1 is 0.533 bits per heavy atom. The minimum Gasteiger partial charge on any atom is -0.374 e. The van der Waals surface area contributed by atoms with Crippen molar-refractivity contribution in [3.63, 3.8) is 0 Å². The van der Waals surface area contributed by atoms with Crippen LogP contribution in [-0.4, -0.2) is 11.3 Å². The maximum atomic E-state index is 2.77. The number of aromatic nitrogens is 1. The van der Waals surface area contributed by atoms with Gasteiger partial charge in [0.2, 0.25) is 0 Å². The molecule has 0 saturated heterocycles. The van der Waals surface area contributed by atoms with E-state index in [0.29, 0.717) is 0 Å². The smallest absolute Gasteiger partial charge is 0.333 e. The van der Waals surface area contributed by atoms with Gasteiger partial charge in [-0.2, -0.15) is 0 Å². The summed E-state index contributed by atoms with van der Waals surface area (Å²) in [5.74, 6) is 0. The monoisotopic (exact) mass is 810 g/mol. The quantitative estimate of drug-likeness (QED) is 0.161. The fourth-order valence-electron chi connectivity index (χ4n) is 10.6. The van der Waals surface area contributed by atoms with Gasteiger partial charge in [-0.15, -0.1) is 11.3 Å². The van der Waals surface area contributed by atoms with Crippen LogP contribution in [0.25, 0.3) is 53.5 Å². The molecule has 292 valence electrons. The molecule has 0 atom stereocenters. The third-order valence-corrected chi connectivity index (χ3v) is 16.1. The molecule has 0 N–H and O–H groups in total. The molecule has 0 saturated carbocycles. The highest BCUT2D eigenvalue weighted by Gasteiger charge is 2.46. The van der Waals surface area contributed by atoms with Crippen molar-refractivity contribution in [3.8, 4) is 22.3 Å². The molecule has 2 aromatic heterocycles. The van der Waals surface area contributed by atoms with Gasteiger partial charge in [-0.05, 0) is 91.5 Å². The highest BCUT2D eigenvalue weighted by Crippen LogP contribution is 2.54. The van der Waals surface area contributed by atoms with E-state index in [1.54, 1.807) is 0 Å².